The predicted octanol–water partition coefficient (Wildman–Crippen LogP) is 4.48. The first-order valence-corrected chi connectivity index (χ1v) is 12.2. The maximum atomic E-state index is 12.3. The van der Waals surface area contributed by atoms with E-state index in [9.17, 15) is 10.0 Å². The number of hydrogen-bond donors (Lipinski definition) is 2. The number of hydrogen-bond acceptors (Lipinski definition) is 8. The van der Waals surface area contributed by atoms with Gasteiger partial charge in [0.05, 0.1) is 30.2 Å². The number of amides is 1. The van der Waals surface area contributed by atoms with Gasteiger partial charge in [0.25, 0.3) is 5.95 Å². The fourth-order valence-corrected chi connectivity index (χ4v) is 4.50. The molecule has 194 valence electrons. The lowest BCUT2D eigenvalue weighted by Crippen LogP contribution is -2.24. The van der Waals surface area contributed by atoms with Gasteiger partial charge in [-0.1, -0.05) is 18.7 Å². The van der Waals surface area contributed by atoms with Crippen molar-refractivity contribution in [1.29, 1.82) is 0 Å². The Morgan fingerprint density at radius 3 is 2.84 bits per heavy atom. The normalized spacial score (nSPS) is 13.7. The van der Waals surface area contributed by atoms with E-state index in [0.29, 0.717) is 17.1 Å². The largest absolute Gasteiger partial charge is 0.494 e. The summed E-state index contributed by atoms with van der Waals surface area (Å²) in [5.74, 6) is 0.0921. The molecule has 5 rings (SSSR count). The van der Waals surface area contributed by atoms with E-state index in [2.05, 4.69) is 45.0 Å². The van der Waals surface area contributed by atoms with E-state index >= 15 is 0 Å². The molecule has 0 spiro atoms. The average molecular weight is 512 g/mol. The van der Waals surface area contributed by atoms with Crippen molar-refractivity contribution in [2.24, 2.45) is 0 Å². The zero-order valence-corrected chi connectivity index (χ0v) is 21.5. The number of carbonyl (C=O) groups excluding carboxylic acids is 1. The molecule has 0 saturated carbocycles. The molecule has 0 atom stereocenters. The molecule has 4 aromatic rings. The molecular weight excluding hydrogens is 482 g/mol. The Kier molecular flexibility index (Phi) is 6.91. The molecule has 0 bridgehead atoms. The summed E-state index contributed by atoms with van der Waals surface area (Å²) >= 11 is 0. The number of benzene rings is 1. The molecule has 38 heavy (non-hydrogen) atoms. The molecule has 4 heterocycles. The summed E-state index contributed by atoms with van der Waals surface area (Å²) in [6.45, 7) is 7.16. The fraction of sp³-hybridized carbons (Fsp3) is 0.214. The molecule has 0 aliphatic carbocycles. The average Bonchev–Trinajstić information content (AvgIpc) is 3.37. The molecule has 0 unspecified atom stereocenters. The van der Waals surface area contributed by atoms with Crippen LogP contribution >= 0.6 is 0 Å². The first kappa shape index (κ1) is 25.1. The number of nitrogens with one attached hydrogen (secondary N) is 1. The predicted molar refractivity (Wildman–Crippen MR) is 147 cm³/mol. The van der Waals surface area contributed by atoms with Crippen LogP contribution in [0.1, 0.15) is 17.5 Å². The second kappa shape index (κ2) is 10.4. The highest BCUT2D eigenvalue weighted by Crippen LogP contribution is 2.40. The van der Waals surface area contributed by atoms with E-state index in [-0.39, 0.29) is 17.5 Å². The number of nitrogens with zero attached hydrogens (tertiary/aromatic N) is 6. The van der Waals surface area contributed by atoms with Crippen molar-refractivity contribution in [2.45, 2.75) is 13.3 Å². The van der Waals surface area contributed by atoms with Gasteiger partial charge in [-0.2, -0.15) is 10.2 Å². The van der Waals surface area contributed by atoms with Crippen LogP contribution < -0.4 is 15.1 Å². The lowest BCUT2D eigenvalue weighted by atomic mass is 9.96. The molecule has 10 heteroatoms. The van der Waals surface area contributed by atoms with Crippen molar-refractivity contribution in [3.63, 3.8) is 0 Å². The molecule has 3 aromatic heterocycles. The summed E-state index contributed by atoms with van der Waals surface area (Å²) in [6, 6.07) is 9.26. The molecule has 0 fully saturated rings. The van der Waals surface area contributed by atoms with Crippen molar-refractivity contribution in [1.82, 2.24) is 24.5 Å². The van der Waals surface area contributed by atoms with Gasteiger partial charge in [-0.15, -0.1) is 0 Å². The molecule has 1 amide bonds. The third kappa shape index (κ3) is 4.74. The first-order chi connectivity index (χ1) is 18.4. The van der Waals surface area contributed by atoms with Crippen LogP contribution in [0.4, 0.5) is 17.3 Å². The van der Waals surface area contributed by atoms with Crippen molar-refractivity contribution in [2.75, 3.05) is 37.6 Å². The summed E-state index contributed by atoms with van der Waals surface area (Å²) < 4.78 is 7.43. The number of ether oxygens (including phenoxy) is 1. The van der Waals surface area contributed by atoms with Crippen LogP contribution in [0.15, 0.2) is 67.7 Å². The zero-order valence-electron chi connectivity index (χ0n) is 21.5. The lowest BCUT2D eigenvalue weighted by molar-refractivity contribution is -0.111. The van der Waals surface area contributed by atoms with Crippen molar-refractivity contribution in [3.8, 4) is 17.0 Å². The fourth-order valence-electron chi connectivity index (χ4n) is 4.50. The number of carbonyl (C=O) groups is 1. The molecular formula is C28H29N7O3. The Morgan fingerprint density at radius 1 is 1.26 bits per heavy atom. The van der Waals surface area contributed by atoms with E-state index in [1.54, 1.807) is 23.0 Å². The van der Waals surface area contributed by atoms with Crippen LogP contribution in [0, 0.1) is 6.92 Å². The minimum atomic E-state index is -0.359. The summed E-state index contributed by atoms with van der Waals surface area (Å²) in [4.78, 5) is 23.6. The maximum Gasteiger partial charge on any atom is 0.255 e. The minimum absolute atomic E-state index is 0.0476. The van der Waals surface area contributed by atoms with Gasteiger partial charge in [0.2, 0.25) is 5.91 Å². The number of anilines is 3. The Labute approximate surface area is 220 Å². The Morgan fingerprint density at radius 2 is 2.11 bits per heavy atom. The number of fused-ring (bicyclic) bond motifs is 1. The van der Waals surface area contributed by atoms with Crippen LogP contribution in [0.3, 0.4) is 0 Å². The Bertz CT molecular complexity index is 1560. The standard InChI is InChI=1S/C28H29N7O3/c1-5-26(36)31-22-15-24(25(38-4)14-20(22)19-9-12-33(3)13-10-19)35(37)28-29-16-18(2)27(32-28)21-17-30-34-11-7-6-8-23(21)34/h5-9,11,14-17,37H,1,10,12-13H2,2-4H3,(H,31,36). The number of aryl methyl sites for hydroxylation is 1. The molecule has 10 nitrogen and oxygen atoms in total. The SMILES string of the molecule is C=CC(=O)Nc1cc(N(O)c2ncc(C)c(-c3cnn4ccccc34)n2)c(OC)cc1C1=CCN(C)CC1. The topological polar surface area (TPSA) is 108 Å². The highest BCUT2D eigenvalue weighted by Gasteiger charge is 2.23. The number of rotatable bonds is 7. The molecule has 1 aliphatic heterocycles. The van der Waals surface area contributed by atoms with Crippen LogP contribution in [0.2, 0.25) is 0 Å². The van der Waals surface area contributed by atoms with Gasteiger partial charge in [-0.25, -0.2) is 14.5 Å². The second-order valence-electron chi connectivity index (χ2n) is 9.11. The first-order valence-electron chi connectivity index (χ1n) is 12.2. The lowest BCUT2D eigenvalue weighted by Gasteiger charge is -2.25. The van der Waals surface area contributed by atoms with Gasteiger partial charge < -0.3 is 15.0 Å². The minimum Gasteiger partial charge on any atom is -0.494 e. The van der Waals surface area contributed by atoms with E-state index in [1.807, 2.05) is 37.4 Å². The third-order valence-electron chi connectivity index (χ3n) is 6.58. The number of methoxy groups -OCH3 is 1. The summed E-state index contributed by atoms with van der Waals surface area (Å²) in [5.41, 5.74) is 5.87. The summed E-state index contributed by atoms with van der Waals surface area (Å²) in [7, 11) is 3.59. The van der Waals surface area contributed by atoms with E-state index in [4.69, 9.17) is 4.74 Å². The maximum absolute atomic E-state index is 12.3. The van der Waals surface area contributed by atoms with Gasteiger partial charge in [0.1, 0.15) is 11.4 Å². The molecule has 0 saturated heterocycles. The quantitative estimate of drug-likeness (QED) is 0.276. The van der Waals surface area contributed by atoms with Gasteiger partial charge >= 0.3 is 0 Å². The summed E-state index contributed by atoms with van der Waals surface area (Å²) in [6.07, 6.45) is 9.40. The number of likely N-dealkylation sites (N-methyl/N-ethyl adjacent to an activating group) is 1. The van der Waals surface area contributed by atoms with Crippen molar-refractivity contribution in [3.05, 3.63) is 78.8 Å². The van der Waals surface area contributed by atoms with Gasteiger partial charge in [0.15, 0.2) is 0 Å². The molecule has 1 aromatic carbocycles. The van der Waals surface area contributed by atoms with Crippen LogP contribution in [-0.4, -0.2) is 62.8 Å². The van der Waals surface area contributed by atoms with Crippen molar-refractivity contribution >= 4 is 34.3 Å². The zero-order chi connectivity index (χ0) is 26.8. The molecule has 0 radical (unpaired) electrons. The highest BCUT2D eigenvalue weighted by atomic mass is 16.5. The number of aromatic nitrogens is 4. The van der Waals surface area contributed by atoms with E-state index < -0.39 is 0 Å². The van der Waals surface area contributed by atoms with Crippen LogP contribution in [0.5, 0.6) is 5.75 Å². The monoisotopic (exact) mass is 511 g/mol. The number of pyridine rings is 1. The van der Waals surface area contributed by atoms with Gasteiger partial charge in [0, 0.05) is 36.6 Å². The Balaban J connectivity index is 1.59. The van der Waals surface area contributed by atoms with E-state index in [1.165, 1.54) is 13.2 Å². The van der Waals surface area contributed by atoms with E-state index in [0.717, 1.165) is 52.4 Å². The third-order valence-corrected chi connectivity index (χ3v) is 6.58. The van der Waals surface area contributed by atoms with Crippen molar-refractivity contribution < 1.29 is 14.7 Å². The van der Waals surface area contributed by atoms with Gasteiger partial charge in [-0.05, 0) is 61.9 Å². The smallest absolute Gasteiger partial charge is 0.255 e. The molecule has 1 aliphatic rings. The highest BCUT2D eigenvalue weighted by molar-refractivity contribution is 6.02. The van der Waals surface area contributed by atoms with Gasteiger partial charge in [-0.3, -0.25) is 10.0 Å². The summed E-state index contributed by atoms with van der Waals surface area (Å²) in [5, 5.41) is 19.5. The Hall–Kier alpha value is -4.54. The van der Waals surface area contributed by atoms with Crippen LogP contribution in [-0.2, 0) is 4.79 Å². The second-order valence-corrected chi connectivity index (χ2v) is 9.11. The molecule has 2 N–H and O–H groups in total. The van der Waals surface area contributed by atoms with Crippen LogP contribution in [0.25, 0.3) is 22.3 Å².